The van der Waals surface area contributed by atoms with Crippen LogP contribution in [0.25, 0.3) is 0 Å². The van der Waals surface area contributed by atoms with E-state index in [1.54, 1.807) is 30.0 Å². The monoisotopic (exact) mass is 303 g/mol. The topological polar surface area (TPSA) is 52.3 Å². The lowest BCUT2D eigenvalue weighted by Gasteiger charge is -2.07. The Labute approximate surface area is 108 Å². The summed E-state index contributed by atoms with van der Waals surface area (Å²) in [4.78, 5) is 11.7. The lowest BCUT2D eigenvalue weighted by Crippen LogP contribution is -2.09. The van der Waals surface area contributed by atoms with Gasteiger partial charge in [-0.15, -0.1) is 0 Å². The highest BCUT2D eigenvalue weighted by molar-refractivity contribution is 9.10. The van der Waals surface area contributed by atoms with E-state index < -0.39 is 0 Å². The van der Waals surface area contributed by atoms with Gasteiger partial charge in [0.25, 0.3) is 0 Å². The summed E-state index contributed by atoms with van der Waals surface area (Å²) in [6, 6.07) is 5.15. The molecule has 5 heteroatoms. The van der Waals surface area contributed by atoms with Crippen LogP contribution in [0.1, 0.15) is 17.3 Å². The summed E-state index contributed by atoms with van der Waals surface area (Å²) in [5.41, 5.74) is 6.69. The van der Waals surface area contributed by atoms with Gasteiger partial charge in [-0.1, -0.05) is 13.0 Å². The van der Waals surface area contributed by atoms with E-state index in [1.807, 2.05) is 0 Å². The highest BCUT2D eigenvalue weighted by Crippen LogP contribution is 2.24. The van der Waals surface area contributed by atoms with Crippen molar-refractivity contribution in [1.82, 2.24) is 0 Å². The SMILES string of the molecule is CCSCCOC(=O)c1cccc(N)c1Br. The summed E-state index contributed by atoms with van der Waals surface area (Å²) < 4.78 is 5.72. The van der Waals surface area contributed by atoms with Crippen molar-refractivity contribution in [2.24, 2.45) is 0 Å². The molecule has 1 aromatic rings. The number of nitrogen functional groups attached to an aromatic ring is 1. The molecule has 0 bridgehead atoms. The van der Waals surface area contributed by atoms with Gasteiger partial charge in [-0.05, 0) is 33.8 Å². The largest absolute Gasteiger partial charge is 0.461 e. The van der Waals surface area contributed by atoms with Crippen molar-refractivity contribution in [3.63, 3.8) is 0 Å². The van der Waals surface area contributed by atoms with Gasteiger partial charge >= 0.3 is 5.97 Å². The maximum Gasteiger partial charge on any atom is 0.339 e. The molecular formula is C11H14BrNO2S. The van der Waals surface area contributed by atoms with E-state index in [0.717, 1.165) is 11.5 Å². The quantitative estimate of drug-likeness (QED) is 0.516. The lowest BCUT2D eigenvalue weighted by atomic mass is 10.2. The highest BCUT2D eigenvalue weighted by atomic mass is 79.9. The molecule has 0 radical (unpaired) electrons. The van der Waals surface area contributed by atoms with Crippen molar-refractivity contribution >= 4 is 39.3 Å². The molecule has 1 aromatic carbocycles. The van der Waals surface area contributed by atoms with Crippen molar-refractivity contribution < 1.29 is 9.53 Å². The van der Waals surface area contributed by atoms with E-state index in [9.17, 15) is 4.79 Å². The van der Waals surface area contributed by atoms with E-state index in [2.05, 4.69) is 22.9 Å². The number of nitrogens with two attached hydrogens (primary N) is 1. The number of benzene rings is 1. The van der Waals surface area contributed by atoms with Gasteiger partial charge in [0.2, 0.25) is 0 Å². The predicted molar refractivity (Wildman–Crippen MR) is 71.8 cm³/mol. The van der Waals surface area contributed by atoms with Gasteiger partial charge < -0.3 is 10.5 Å². The molecule has 16 heavy (non-hydrogen) atoms. The fourth-order valence-corrected chi connectivity index (χ4v) is 2.04. The third-order valence-electron chi connectivity index (χ3n) is 1.91. The molecule has 0 aromatic heterocycles. The Hall–Kier alpha value is -0.680. The van der Waals surface area contributed by atoms with Gasteiger partial charge in [0.05, 0.1) is 10.0 Å². The first-order chi connectivity index (χ1) is 7.66. The summed E-state index contributed by atoms with van der Waals surface area (Å²) in [5.74, 6) is 1.51. The number of carbonyl (C=O) groups excluding carboxylic acids is 1. The van der Waals surface area contributed by atoms with Crippen LogP contribution in [0.15, 0.2) is 22.7 Å². The Morgan fingerprint density at radius 1 is 1.56 bits per heavy atom. The van der Waals surface area contributed by atoms with Crippen molar-refractivity contribution in [3.8, 4) is 0 Å². The van der Waals surface area contributed by atoms with Gasteiger partial charge in [-0.2, -0.15) is 11.8 Å². The minimum absolute atomic E-state index is 0.337. The molecule has 1 rings (SSSR count). The Balaban J connectivity index is 2.56. The Morgan fingerprint density at radius 2 is 2.31 bits per heavy atom. The summed E-state index contributed by atoms with van der Waals surface area (Å²) >= 11 is 5.01. The van der Waals surface area contributed by atoms with Gasteiger partial charge in [-0.3, -0.25) is 0 Å². The van der Waals surface area contributed by atoms with Crippen molar-refractivity contribution in [1.29, 1.82) is 0 Å². The number of ether oxygens (including phenoxy) is 1. The molecule has 2 N–H and O–H groups in total. The molecule has 0 fully saturated rings. The molecule has 0 amide bonds. The number of halogens is 1. The van der Waals surface area contributed by atoms with Gasteiger partial charge in [0, 0.05) is 11.4 Å². The fourth-order valence-electron chi connectivity index (χ4n) is 1.12. The first-order valence-corrected chi connectivity index (χ1v) is 6.90. The van der Waals surface area contributed by atoms with Crippen LogP contribution in [-0.4, -0.2) is 24.1 Å². The minimum Gasteiger partial charge on any atom is -0.461 e. The summed E-state index contributed by atoms with van der Waals surface area (Å²) in [6.45, 7) is 2.50. The Bertz CT molecular complexity index is 371. The van der Waals surface area contributed by atoms with Crippen molar-refractivity contribution in [2.75, 3.05) is 23.8 Å². The zero-order valence-corrected chi connectivity index (χ0v) is 11.4. The van der Waals surface area contributed by atoms with Crippen LogP contribution in [0, 0.1) is 0 Å². The highest BCUT2D eigenvalue weighted by Gasteiger charge is 2.12. The number of rotatable bonds is 5. The third kappa shape index (κ3) is 3.72. The zero-order chi connectivity index (χ0) is 12.0. The number of esters is 1. The molecule has 88 valence electrons. The average Bonchev–Trinajstić information content (AvgIpc) is 2.28. The molecule has 0 atom stereocenters. The lowest BCUT2D eigenvalue weighted by molar-refractivity contribution is 0.0529. The Kier molecular flexibility index (Phi) is 5.69. The third-order valence-corrected chi connectivity index (χ3v) is 3.66. The number of carbonyl (C=O) groups is 1. The van der Waals surface area contributed by atoms with Gasteiger partial charge in [0.15, 0.2) is 0 Å². The second kappa shape index (κ2) is 6.81. The molecule has 0 heterocycles. The van der Waals surface area contributed by atoms with Crippen LogP contribution in [0.3, 0.4) is 0 Å². The molecule has 0 aliphatic heterocycles. The molecular weight excluding hydrogens is 290 g/mol. The second-order valence-corrected chi connectivity index (χ2v) is 5.23. The van der Waals surface area contributed by atoms with Crippen molar-refractivity contribution in [2.45, 2.75) is 6.92 Å². The molecule has 0 aliphatic carbocycles. The average molecular weight is 304 g/mol. The van der Waals surface area contributed by atoms with E-state index in [1.165, 1.54) is 0 Å². The molecule has 0 aliphatic rings. The van der Waals surface area contributed by atoms with Crippen LogP contribution in [-0.2, 0) is 4.74 Å². The number of hydrogen-bond acceptors (Lipinski definition) is 4. The first-order valence-electron chi connectivity index (χ1n) is 4.95. The smallest absolute Gasteiger partial charge is 0.339 e. The summed E-state index contributed by atoms with van der Waals surface area (Å²) in [5, 5.41) is 0. The van der Waals surface area contributed by atoms with Crippen LogP contribution < -0.4 is 5.73 Å². The van der Waals surface area contributed by atoms with Crippen LogP contribution in [0.4, 0.5) is 5.69 Å². The van der Waals surface area contributed by atoms with E-state index in [-0.39, 0.29) is 5.97 Å². The normalized spacial score (nSPS) is 10.1. The van der Waals surface area contributed by atoms with Crippen molar-refractivity contribution in [3.05, 3.63) is 28.2 Å². The summed E-state index contributed by atoms with van der Waals surface area (Å²) in [6.07, 6.45) is 0. The number of hydrogen-bond donors (Lipinski definition) is 1. The van der Waals surface area contributed by atoms with Gasteiger partial charge in [-0.25, -0.2) is 4.79 Å². The number of thioether (sulfide) groups is 1. The molecule has 0 unspecified atom stereocenters. The minimum atomic E-state index is -0.337. The van der Waals surface area contributed by atoms with E-state index in [4.69, 9.17) is 10.5 Å². The van der Waals surface area contributed by atoms with E-state index >= 15 is 0 Å². The first kappa shape index (κ1) is 13.4. The Morgan fingerprint density at radius 3 is 3.00 bits per heavy atom. The molecule has 0 saturated heterocycles. The molecule has 0 saturated carbocycles. The zero-order valence-electron chi connectivity index (χ0n) is 9.03. The van der Waals surface area contributed by atoms with Gasteiger partial charge in [0.1, 0.15) is 6.61 Å². The fraction of sp³-hybridized carbons (Fsp3) is 0.364. The maximum absolute atomic E-state index is 11.7. The maximum atomic E-state index is 11.7. The second-order valence-electron chi connectivity index (χ2n) is 3.04. The van der Waals surface area contributed by atoms with Crippen LogP contribution in [0.2, 0.25) is 0 Å². The predicted octanol–water partition coefficient (Wildman–Crippen LogP) is 2.94. The number of anilines is 1. The van der Waals surface area contributed by atoms with Crippen LogP contribution in [0.5, 0.6) is 0 Å². The standard InChI is InChI=1S/C11H14BrNO2S/c1-2-16-7-6-15-11(14)8-4-3-5-9(13)10(8)12/h3-5H,2,6-7,13H2,1H3. The van der Waals surface area contributed by atoms with Crippen LogP contribution >= 0.6 is 27.7 Å². The van der Waals surface area contributed by atoms with E-state index in [0.29, 0.717) is 22.3 Å². The molecule has 0 spiro atoms. The molecule has 3 nitrogen and oxygen atoms in total. The summed E-state index contributed by atoms with van der Waals surface area (Å²) in [7, 11) is 0.